The molecule has 0 spiro atoms. The normalized spacial score (nSPS) is 19.1. The van der Waals surface area contributed by atoms with Crippen molar-refractivity contribution in [2.45, 2.75) is 45.2 Å². The van der Waals surface area contributed by atoms with Gasteiger partial charge in [0.2, 0.25) is 0 Å². The van der Waals surface area contributed by atoms with E-state index in [0.29, 0.717) is 5.92 Å². The summed E-state index contributed by atoms with van der Waals surface area (Å²) in [5.41, 5.74) is 3.76. The fraction of sp³-hybridized carbons (Fsp3) is 0.533. The molecule has 1 fully saturated rings. The quantitative estimate of drug-likeness (QED) is 0.870. The molecule has 0 atom stereocenters. The maximum atomic E-state index is 4.77. The molecule has 0 aromatic carbocycles. The Morgan fingerprint density at radius 3 is 3.00 bits per heavy atom. The molecule has 2 aromatic heterocycles. The van der Waals surface area contributed by atoms with Gasteiger partial charge in [-0.05, 0) is 19.8 Å². The number of aromatic nitrogens is 3. The Morgan fingerprint density at radius 1 is 1.35 bits per heavy atom. The molecule has 2 aliphatic rings. The van der Waals surface area contributed by atoms with Crippen LogP contribution in [0.4, 0.5) is 0 Å². The van der Waals surface area contributed by atoms with E-state index in [9.17, 15) is 0 Å². The first-order chi connectivity index (χ1) is 9.78. The van der Waals surface area contributed by atoms with Gasteiger partial charge >= 0.3 is 0 Å². The van der Waals surface area contributed by atoms with Gasteiger partial charge in [0, 0.05) is 54.8 Å². The molecule has 0 radical (unpaired) electrons. The van der Waals surface area contributed by atoms with Gasteiger partial charge < -0.3 is 0 Å². The van der Waals surface area contributed by atoms with Crippen molar-refractivity contribution >= 4 is 11.3 Å². The fourth-order valence-corrected chi connectivity index (χ4v) is 3.38. The van der Waals surface area contributed by atoms with Crippen molar-refractivity contribution in [2.75, 3.05) is 6.54 Å². The van der Waals surface area contributed by atoms with Crippen molar-refractivity contribution in [1.82, 2.24) is 19.9 Å². The third-order valence-corrected chi connectivity index (χ3v) is 4.85. The molecule has 104 valence electrons. The zero-order valence-electron chi connectivity index (χ0n) is 11.7. The van der Waals surface area contributed by atoms with Gasteiger partial charge in [-0.1, -0.05) is 0 Å². The fourth-order valence-electron chi connectivity index (χ4n) is 2.77. The van der Waals surface area contributed by atoms with Crippen LogP contribution in [0.3, 0.4) is 0 Å². The van der Waals surface area contributed by atoms with E-state index >= 15 is 0 Å². The van der Waals surface area contributed by atoms with Crippen LogP contribution < -0.4 is 0 Å². The van der Waals surface area contributed by atoms with Crippen LogP contribution in [0.25, 0.3) is 0 Å². The summed E-state index contributed by atoms with van der Waals surface area (Å²) in [6.07, 6.45) is 5.64. The first-order valence-corrected chi connectivity index (χ1v) is 8.14. The average Bonchev–Trinajstić information content (AvgIpc) is 3.22. The predicted molar refractivity (Wildman–Crippen MR) is 78.7 cm³/mol. The van der Waals surface area contributed by atoms with Crippen molar-refractivity contribution in [1.29, 1.82) is 0 Å². The number of rotatable bonds is 3. The topological polar surface area (TPSA) is 41.9 Å². The van der Waals surface area contributed by atoms with Gasteiger partial charge in [0.05, 0.1) is 10.7 Å². The summed E-state index contributed by atoms with van der Waals surface area (Å²) in [4.78, 5) is 16.3. The van der Waals surface area contributed by atoms with Gasteiger partial charge in [0.25, 0.3) is 0 Å². The van der Waals surface area contributed by atoms with Gasteiger partial charge in [0.15, 0.2) is 0 Å². The number of thiazole rings is 1. The zero-order valence-corrected chi connectivity index (χ0v) is 12.5. The maximum Gasteiger partial charge on any atom is 0.131 e. The first kappa shape index (κ1) is 12.4. The van der Waals surface area contributed by atoms with Crippen molar-refractivity contribution < 1.29 is 0 Å². The maximum absolute atomic E-state index is 4.77. The third kappa shape index (κ3) is 2.47. The third-order valence-electron chi connectivity index (χ3n) is 4.03. The highest BCUT2D eigenvalue weighted by Crippen LogP contribution is 2.38. The molecule has 4 rings (SSSR count). The van der Waals surface area contributed by atoms with Crippen LogP contribution >= 0.6 is 11.3 Å². The van der Waals surface area contributed by atoms with E-state index in [1.807, 2.05) is 0 Å². The van der Waals surface area contributed by atoms with Crippen LogP contribution in [0.2, 0.25) is 0 Å². The molecule has 0 saturated heterocycles. The van der Waals surface area contributed by atoms with Crippen LogP contribution in [-0.4, -0.2) is 26.4 Å². The number of fused-ring (bicyclic) bond motifs is 1. The van der Waals surface area contributed by atoms with Crippen LogP contribution in [0, 0.1) is 6.92 Å². The van der Waals surface area contributed by atoms with E-state index in [-0.39, 0.29) is 0 Å². The lowest BCUT2D eigenvalue weighted by atomic mass is 10.1. The highest BCUT2D eigenvalue weighted by molar-refractivity contribution is 7.09. The molecule has 1 aliphatic carbocycles. The van der Waals surface area contributed by atoms with Gasteiger partial charge in [-0.25, -0.2) is 15.0 Å². The summed E-state index contributed by atoms with van der Waals surface area (Å²) in [5.74, 6) is 1.73. The molecule has 3 heterocycles. The second kappa shape index (κ2) is 4.90. The summed E-state index contributed by atoms with van der Waals surface area (Å²) in [6.45, 7) is 5.03. The monoisotopic (exact) mass is 286 g/mol. The smallest absolute Gasteiger partial charge is 0.131 e. The minimum atomic E-state index is 0.649. The van der Waals surface area contributed by atoms with E-state index in [1.54, 1.807) is 11.3 Å². The van der Waals surface area contributed by atoms with E-state index in [1.165, 1.54) is 29.8 Å². The van der Waals surface area contributed by atoms with Crippen LogP contribution in [0.5, 0.6) is 0 Å². The Hall–Kier alpha value is -1.33. The standard InChI is InChI=1S/C15H18N4S/c1-10-17-13(9-20-10)8-19-5-4-14-12(7-19)6-16-15(18-14)11-2-3-11/h6,9,11H,2-5,7-8H2,1H3. The summed E-state index contributed by atoms with van der Waals surface area (Å²) in [5, 5.41) is 3.31. The van der Waals surface area contributed by atoms with Crippen molar-refractivity contribution in [3.05, 3.63) is 39.4 Å². The van der Waals surface area contributed by atoms with Gasteiger partial charge in [-0.15, -0.1) is 11.3 Å². The van der Waals surface area contributed by atoms with Crippen molar-refractivity contribution in [2.24, 2.45) is 0 Å². The number of nitrogens with zero attached hydrogens (tertiary/aromatic N) is 4. The van der Waals surface area contributed by atoms with Gasteiger partial charge in [0.1, 0.15) is 5.82 Å². The van der Waals surface area contributed by atoms with E-state index < -0.39 is 0 Å². The van der Waals surface area contributed by atoms with E-state index in [4.69, 9.17) is 4.98 Å². The van der Waals surface area contributed by atoms with E-state index in [2.05, 4.69) is 33.4 Å². The molecule has 0 amide bonds. The molecule has 20 heavy (non-hydrogen) atoms. The molecule has 2 aromatic rings. The number of hydrogen-bond donors (Lipinski definition) is 0. The highest BCUT2D eigenvalue weighted by atomic mass is 32.1. The van der Waals surface area contributed by atoms with Crippen molar-refractivity contribution in [3.63, 3.8) is 0 Å². The Balaban J connectivity index is 1.48. The van der Waals surface area contributed by atoms with Gasteiger partial charge in [-0.3, -0.25) is 4.90 Å². The molecule has 1 aliphatic heterocycles. The molecular weight excluding hydrogens is 268 g/mol. The van der Waals surface area contributed by atoms with Crippen LogP contribution in [-0.2, 0) is 19.5 Å². The lowest BCUT2D eigenvalue weighted by molar-refractivity contribution is 0.240. The molecular formula is C15H18N4S. The van der Waals surface area contributed by atoms with Crippen LogP contribution in [0.1, 0.15) is 46.5 Å². The molecule has 4 nitrogen and oxygen atoms in total. The summed E-state index contributed by atoms with van der Waals surface area (Å²) in [6, 6.07) is 0. The Kier molecular flexibility index (Phi) is 3.04. The molecule has 1 saturated carbocycles. The van der Waals surface area contributed by atoms with Gasteiger partial charge in [-0.2, -0.15) is 0 Å². The second-order valence-corrected chi connectivity index (χ2v) is 6.86. The minimum absolute atomic E-state index is 0.649. The van der Waals surface area contributed by atoms with Crippen LogP contribution in [0.15, 0.2) is 11.6 Å². The Bertz CT molecular complexity index is 633. The molecule has 0 N–H and O–H groups in total. The second-order valence-electron chi connectivity index (χ2n) is 5.79. The van der Waals surface area contributed by atoms with E-state index in [0.717, 1.165) is 36.9 Å². The molecule has 0 unspecified atom stereocenters. The summed E-state index contributed by atoms with van der Waals surface area (Å²) < 4.78 is 0. The SMILES string of the molecule is Cc1nc(CN2CCc3nc(C4CC4)ncc3C2)cs1. The molecule has 5 heteroatoms. The average molecular weight is 286 g/mol. The Morgan fingerprint density at radius 2 is 2.25 bits per heavy atom. The predicted octanol–water partition coefficient (Wildman–Crippen LogP) is 2.68. The zero-order chi connectivity index (χ0) is 13.5. The molecule has 0 bridgehead atoms. The lowest BCUT2D eigenvalue weighted by Gasteiger charge is -2.27. The first-order valence-electron chi connectivity index (χ1n) is 7.26. The Labute approximate surface area is 122 Å². The highest BCUT2D eigenvalue weighted by Gasteiger charge is 2.28. The summed E-state index contributed by atoms with van der Waals surface area (Å²) in [7, 11) is 0. The summed E-state index contributed by atoms with van der Waals surface area (Å²) >= 11 is 1.73. The number of hydrogen-bond acceptors (Lipinski definition) is 5. The largest absolute Gasteiger partial charge is 0.293 e. The lowest BCUT2D eigenvalue weighted by Crippen LogP contribution is -2.31. The minimum Gasteiger partial charge on any atom is -0.293 e. The number of aryl methyl sites for hydroxylation is 1. The van der Waals surface area contributed by atoms with Crippen molar-refractivity contribution in [3.8, 4) is 0 Å².